The van der Waals surface area contributed by atoms with Gasteiger partial charge in [0, 0.05) is 11.6 Å². The van der Waals surface area contributed by atoms with Gasteiger partial charge < -0.3 is 10.5 Å². The molecule has 92 valence electrons. The quantitative estimate of drug-likeness (QED) is 0.478. The maximum atomic E-state index is 13.2. The molecule has 0 unspecified atom stereocenters. The number of benzene rings is 1. The van der Waals surface area contributed by atoms with E-state index in [1.165, 1.54) is 18.3 Å². The molecule has 3 N–H and O–H groups in total. The number of rotatable bonds is 5. The van der Waals surface area contributed by atoms with Crippen molar-refractivity contribution in [2.24, 2.45) is 10.8 Å². The molecule has 0 aliphatic carbocycles. The number of nitrogens with two attached hydrogens (primary N) is 1. The van der Waals surface area contributed by atoms with Crippen LogP contribution in [0.1, 0.15) is 18.9 Å². The summed E-state index contributed by atoms with van der Waals surface area (Å²) in [5.41, 5.74) is 8.15. The normalized spacial score (nSPS) is 10.5. The number of hydrogen-bond acceptors (Lipinski definition) is 3. The Hall–Kier alpha value is -1.69. The summed E-state index contributed by atoms with van der Waals surface area (Å²) in [7, 11) is 0. The number of thiocarbonyl (C=S) groups is 1. The molecular formula is C11H14FN3OS. The molecule has 17 heavy (non-hydrogen) atoms. The number of ether oxygens (including phenoxy) is 1. The van der Waals surface area contributed by atoms with Crippen molar-refractivity contribution < 1.29 is 9.13 Å². The minimum absolute atomic E-state index is 0.0557. The van der Waals surface area contributed by atoms with Crippen LogP contribution in [0.5, 0.6) is 5.75 Å². The van der Waals surface area contributed by atoms with Gasteiger partial charge in [-0.05, 0) is 30.8 Å². The highest BCUT2D eigenvalue weighted by molar-refractivity contribution is 7.80. The first-order valence-electron chi connectivity index (χ1n) is 5.13. The van der Waals surface area contributed by atoms with Gasteiger partial charge in [-0.3, -0.25) is 5.43 Å². The second-order valence-electron chi connectivity index (χ2n) is 3.30. The highest BCUT2D eigenvalue weighted by Crippen LogP contribution is 2.15. The monoisotopic (exact) mass is 255 g/mol. The van der Waals surface area contributed by atoms with E-state index in [0.717, 1.165) is 6.42 Å². The number of hydrazone groups is 1. The van der Waals surface area contributed by atoms with Crippen LogP contribution in [0.25, 0.3) is 0 Å². The minimum Gasteiger partial charge on any atom is -0.493 e. The van der Waals surface area contributed by atoms with E-state index in [9.17, 15) is 4.39 Å². The van der Waals surface area contributed by atoms with Gasteiger partial charge in [-0.1, -0.05) is 6.92 Å². The maximum Gasteiger partial charge on any atom is 0.184 e. The van der Waals surface area contributed by atoms with E-state index >= 15 is 0 Å². The van der Waals surface area contributed by atoms with E-state index in [2.05, 4.69) is 22.7 Å². The van der Waals surface area contributed by atoms with Crippen LogP contribution in [-0.2, 0) is 0 Å². The van der Waals surface area contributed by atoms with Crippen LogP contribution in [0.3, 0.4) is 0 Å². The highest BCUT2D eigenvalue weighted by Gasteiger charge is 2.00. The van der Waals surface area contributed by atoms with Gasteiger partial charge >= 0.3 is 0 Å². The Morgan fingerprint density at radius 2 is 2.35 bits per heavy atom. The Kier molecular flexibility index (Phi) is 5.35. The first-order chi connectivity index (χ1) is 8.11. The third-order valence-corrected chi connectivity index (χ3v) is 1.85. The van der Waals surface area contributed by atoms with E-state index in [0.29, 0.717) is 17.9 Å². The Morgan fingerprint density at radius 1 is 1.59 bits per heavy atom. The zero-order valence-electron chi connectivity index (χ0n) is 9.44. The molecule has 0 saturated carbocycles. The van der Waals surface area contributed by atoms with Crippen molar-refractivity contribution in [1.82, 2.24) is 5.43 Å². The molecule has 1 aromatic rings. The Bertz CT molecular complexity index is 423. The van der Waals surface area contributed by atoms with Crippen LogP contribution in [0.4, 0.5) is 4.39 Å². The third kappa shape index (κ3) is 5.26. The van der Waals surface area contributed by atoms with E-state index in [-0.39, 0.29) is 10.9 Å². The van der Waals surface area contributed by atoms with Crippen molar-refractivity contribution in [1.29, 1.82) is 0 Å². The number of nitrogens with zero attached hydrogens (tertiary/aromatic N) is 1. The van der Waals surface area contributed by atoms with Crippen molar-refractivity contribution in [3.8, 4) is 5.75 Å². The second-order valence-corrected chi connectivity index (χ2v) is 3.74. The average molecular weight is 255 g/mol. The predicted octanol–water partition coefficient (Wildman–Crippen LogP) is 1.78. The Balaban J connectivity index is 2.74. The van der Waals surface area contributed by atoms with Gasteiger partial charge in [-0.15, -0.1) is 0 Å². The fourth-order valence-electron chi connectivity index (χ4n) is 1.13. The van der Waals surface area contributed by atoms with Crippen molar-refractivity contribution in [3.63, 3.8) is 0 Å². The lowest BCUT2D eigenvalue weighted by Crippen LogP contribution is -2.23. The number of nitrogens with one attached hydrogen (secondary N) is 1. The van der Waals surface area contributed by atoms with Crippen LogP contribution in [-0.4, -0.2) is 17.9 Å². The molecule has 0 aliphatic heterocycles. The fourth-order valence-corrected chi connectivity index (χ4v) is 1.19. The van der Waals surface area contributed by atoms with Crippen LogP contribution in [0, 0.1) is 5.82 Å². The van der Waals surface area contributed by atoms with Gasteiger partial charge in [0.15, 0.2) is 5.11 Å². The summed E-state index contributed by atoms with van der Waals surface area (Å²) in [6, 6.07) is 4.35. The first kappa shape index (κ1) is 13.4. The summed E-state index contributed by atoms with van der Waals surface area (Å²) in [5.74, 6) is 0.0963. The molecular weight excluding hydrogens is 241 g/mol. The van der Waals surface area contributed by atoms with E-state index in [1.54, 1.807) is 6.07 Å². The lowest BCUT2D eigenvalue weighted by Gasteiger charge is -2.05. The fraction of sp³-hybridized carbons (Fsp3) is 0.273. The Labute approximate surface area is 105 Å². The summed E-state index contributed by atoms with van der Waals surface area (Å²) >= 11 is 4.57. The van der Waals surface area contributed by atoms with Crippen molar-refractivity contribution in [2.75, 3.05) is 6.61 Å². The number of hydrogen-bond donors (Lipinski definition) is 2. The molecule has 0 spiro atoms. The molecule has 0 saturated heterocycles. The Morgan fingerprint density at radius 3 is 3.00 bits per heavy atom. The number of halogens is 1. The molecule has 0 fully saturated rings. The summed E-state index contributed by atoms with van der Waals surface area (Å²) in [6.07, 6.45) is 2.28. The van der Waals surface area contributed by atoms with E-state index < -0.39 is 0 Å². The van der Waals surface area contributed by atoms with E-state index in [4.69, 9.17) is 10.5 Å². The van der Waals surface area contributed by atoms with Crippen molar-refractivity contribution in [3.05, 3.63) is 29.6 Å². The minimum atomic E-state index is -0.379. The first-order valence-corrected chi connectivity index (χ1v) is 5.54. The van der Waals surface area contributed by atoms with Crippen LogP contribution in [0.15, 0.2) is 23.3 Å². The van der Waals surface area contributed by atoms with Crippen molar-refractivity contribution >= 4 is 23.5 Å². The topological polar surface area (TPSA) is 59.6 Å². The largest absolute Gasteiger partial charge is 0.493 e. The van der Waals surface area contributed by atoms with Gasteiger partial charge in [0.05, 0.1) is 12.8 Å². The van der Waals surface area contributed by atoms with Gasteiger partial charge in [-0.25, -0.2) is 4.39 Å². The summed E-state index contributed by atoms with van der Waals surface area (Å²) in [6.45, 7) is 2.53. The van der Waals surface area contributed by atoms with Crippen LogP contribution >= 0.6 is 12.2 Å². The highest BCUT2D eigenvalue weighted by atomic mass is 32.1. The van der Waals surface area contributed by atoms with Crippen molar-refractivity contribution in [2.45, 2.75) is 13.3 Å². The molecule has 0 amide bonds. The predicted molar refractivity (Wildman–Crippen MR) is 69.7 cm³/mol. The summed E-state index contributed by atoms with van der Waals surface area (Å²) < 4.78 is 18.6. The average Bonchev–Trinajstić information content (AvgIpc) is 2.25. The summed E-state index contributed by atoms with van der Waals surface area (Å²) in [4.78, 5) is 0. The van der Waals surface area contributed by atoms with Crippen LogP contribution in [0.2, 0.25) is 0 Å². The lowest BCUT2D eigenvalue weighted by molar-refractivity contribution is 0.316. The molecule has 0 bridgehead atoms. The molecule has 1 aromatic carbocycles. The molecule has 0 radical (unpaired) electrons. The third-order valence-electron chi connectivity index (χ3n) is 1.75. The van der Waals surface area contributed by atoms with Gasteiger partial charge in [0.25, 0.3) is 0 Å². The van der Waals surface area contributed by atoms with Crippen LogP contribution < -0.4 is 15.9 Å². The molecule has 0 atom stereocenters. The second kappa shape index (κ2) is 6.80. The van der Waals surface area contributed by atoms with Gasteiger partial charge in [-0.2, -0.15) is 5.10 Å². The summed E-state index contributed by atoms with van der Waals surface area (Å²) in [5, 5.41) is 3.80. The molecule has 1 rings (SSSR count). The molecule has 4 nitrogen and oxygen atoms in total. The molecule has 0 aromatic heterocycles. The maximum absolute atomic E-state index is 13.2. The zero-order valence-corrected chi connectivity index (χ0v) is 10.3. The zero-order chi connectivity index (χ0) is 12.7. The lowest BCUT2D eigenvalue weighted by atomic mass is 10.2. The van der Waals surface area contributed by atoms with Gasteiger partial charge in [0.1, 0.15) is 11.6 Å². The standard InChI is InChI=1S/C11H14FN3OS/c1-2-3-16-10-5-8(4-9(12)6-10)7-14-15-11(13)17/h4-7H,2-3H2,1H3,(H3,13,15,17). The molecule has 6 heteroatoms. The van der Waals surface area contributed by atoms with E-state index in [1.807, 2.05) is 6.92 Å². The molecule has 0 heterocycles. The van der Waals surface area contributed by atoms with Gasteiger partial charge in [0.2, 0.25) is 0 Å². The smallest absolute Gasteiger partial charge is 0.184 e. The molecule has 0 aliphatic rings. The SMILES string of the molecule is CCCOc1cc(F)cc(C=NNC(N)=S)c1.